The first-order chi connectivity index (χ1) is 11.1. The van der Waals surface area contributed by atoms with Gasteiger partial charge in [0, 0.05) is 11.3 Å². The summed E-state index contributed by atoms with van der Waals surface area (Å²) in [7, 11) is 0. The molecule has 0 radical (unpaired) electrons. The zero-order valence-corrected chi connectivity index (χ0v) is 13.4. The summed E-state index contributed by atoms with van der Waals surface area (Å²) in [5.41, 5.74) is 10.6. The standard InChI is InChI=1S/C19H21N3O/c1-13(2)14-5-9-18(10-6-14)23-12-17-11-19(22-21-17)15-3-7-16(20)8-4-15/h3-11,13H,12,20H2,1-2H3,(H,21,22). The third kappa shape index (κ3) is 3.72. The molecule has 2 aromatic carbocycles. The predicted octanol–water partition coefficient (Wildman–Crippen LogP) is 4.36. The van der Waals surface area contributed by atoms with Crippen LogP contribution in [0.5, 0.6) is 5.75 Å². The molecule has 0 amide bonds. The van der Waals surface area contributed by atoms with E-state index in [0.29, 0.717) is 12.5 Å². The molecule has 4 heteroatoms. The lowest BCUT2D eigenvalue weighted by molar-refractivity contribution is 0.301. The second kappa shape index (κ2) is 6.57. The highest BCUT2D eigenvalue weighted by Crippen LogP contribution is 2.21. The van der Waals surface area contributed by atoms with E-state index in [9.17, 15) is 0 Å². The highest BCUT2D eigenvalue weighted by molar-refractivity contribution is 5.61. The van der Waals surface area contributed by atoms with E-state index < -0.39 is 0 Å². The Morgan fingerprint density at radius 3 is 2.39 bits per heavy atom. The molecule has 0 saturated carbocycles. The van der Waals surface area contributed by atoms with Crippen molar-refractivity contribution in [3.63, 3.8) is 0 Å². The molecule has 1 heterocycles. The van der Waals surface area contributed by atoms with Crippen LogP contribution in [0.3, 0.4) is 0 Å². The molecule has 0 spiro atoms. The number of ether oxygens (including phenoxy) is 1. The van der Waals surface area contributed by atoms with Gasteiger partial charge < -0.3 is 10.5 Å². The number of nitrogens with one attached hydrogen (secondary N) is 1. The molecule has 0 aliphatic rings. The Kier molecular flexibility index (Phi) is 4.33. The lowest BCUT2D eigenvalue weighted by Gasteiger charge is -2.08. The number of hydrogen-bond donors (Lipinski definition) is 2. The van der Waals surface area contributed by atoms with Crippen LogP contribution in [0.25, 0.3) is 11.3 Å². The van der Waals surface area contributed by atoms with E-state index in [1.54, 1.807) is 0 Å². The summed E-state index contributed by atoms with van der Waals surface area (Å²) in [5.74, 6) is 1.39. The molecule has 0 saturated heterocycles. The van der Waals surface area contributed by atoms with Crippen LogP contribution in [-0.2, 0) is 6.61 Å². The molecule has 0 unspecified atom stereocenters. The van der Waals surface area contributed by atoms with Gasteiger partial charge in [0.05, 0.1) is 11.4 Å². The fourth-order valence-corrected chi connectivity index (χ4v) is 2.35. The van der Waals surface area contributed by atoms with Crippen LogP contribution in [0.2, 0.25) is 0 Å². The normalized spacial score (nSPS) is 10.9. The van der Waals surface area contributed by atoms with Crippen molar-refractivity contribution >= 4 is 5.69 Å². The minimum Gasteiger partial charge on any atom is -0.487 e. The maximum absolute atomic E-state index is 5.80. The highest BCUT2D eigenvalue weighted by atomic mass is 16.5. The first-order valence-corrected chi connectivity index (χ1v) is 7.75. The fraction of sp³-hybridized carbons (Fsp3) is 0.211. The van der Waals surface area contributed by atoms with Crippen molar-refractivity contribution in [3.05, 3.63) is 65.9 Å². The molecule has 118 valence electrons. The average molecular weight is 307 g/mol. The van der Waals surface area contributed by atoms with Gasteiger partial charge in [0.1, 0.15) is 12.4 Å². The van der Waals surface area contributed by atoms with Gasteiger partial charge in [-0.1, -0.05) is 38.1 Å². The molecule has 3 N–H and O–H groups in total. The van der Waals surface area contributed by atoms with E-state index in [-0.39, 0.29) is 0 Å². The zero-order valence-electron chi connectivity index (χ0n) is 13.4. The number of rotatable bonds is 5. The molecule has 3 aromatic rings. The Hall–Kier alpha value is -2.75. The first kappa shape index (κ1) is 15.2. The lowest BCUT2D eigenvalue weighted by Crippen LogP contribution is -1.96. The Morgan fingerprint density at radius 2 is 1.74 bits per heavy atom. The van der Waals surface area contributed by atoms with Crippen molar-refractivity contribution in [2.75, 3.05) is 5.73 Å². The third-order valence-electron chi connectivity index (χ3n) is 3.78. The third-order valence-corrected chi connectivity index (χ3v) is 3.78. The number of nitrogens with two attached hydrogens (primary N) is 1. The lowest BCUT2D eigenvalue weighted by atomic mass is 10.0. The number of anilines is 1. The van der Waals surface area contributed by atoms with Gasteiger partial charge in [0.25, 0.3) is 0 Å². The van der Waals surface area contributed by atoms with Crippen LogP contribution in [0.1, 0.15) is 31.0 Å². The van der Waals surface area contributed by atoms with Crippen molar-refractivity contribution in [2.45, 2.75) is 26.4 Å². The van der Waals surface area contributed by atoms with Crippen LogP contribution < -0.4 is 10.5 Å². The van der Waals surface area contributed by atoms with Gasteiger partial charge in [-0.2, -0.15) is 5.10 Å². The Labute approximate surface area is 136 Å². The molecular formula is C19H21N3O. The number of nitrogen functional groups attached to an aromatic ring is 1. The average Bonchev–Trinajstić information content (AvgIpc) is 3.03. The smallest absolute Gasteiger partial charge is 0.130 e. The van der Waals surface area contributed by atoms with Crippen LogP contribution in [-0.4, -0.2) is 10.2 Å². The number of nitrogens with zero attached hydrogens (tertiary/aromatic N) is 1. The summed E-state index contributed by atoms with van der Waals surface area (Å²) in [5, 5.41) is 7.33. The van der Waals surface area contributed by atoms with Gasteiger partial charge in [-0.25, -0.2) is 0 Å². The highest BCUT2D eigenvalue weighted by Gasteiger charge is 2.05. The van der Waals surface area contributed by atoms with Crippen LogP contribution in [0.15, 0.2) is 54.6 Å². The van der Waals surface area contributed by atoms with E-state index in [0.717, 1.165) is 28.4 Å². The molecular weight excluding hydrogens is 286 g/mol. The van der Waals surface area contributed by atoms with Gasteiger partial charge in [0.15, 0.2) is 0 Å². The van der Waals surface area contributed by atoms with Gasteiger partial charge in [-0.3, -0.25) is 5.10 Å². The van der Waals surface area contributed by atoms with Crippen molar-refractivity contribution in [2.24, 2.45) is 0 Å². The van der Waals surface area contributed by atoms with Crippen molar-refractivity contribution in [1.82, 2.24) is 10.2 Å². The summed E-state index contributed by atoms with van der Waals surface area (Å²) in [6.45, 7) is 4.82. The topological polar surface area (TPSA) is 63.9 Å². The van der Waals surface area contributed by atoms with E-state index in [2.05, 4.69) is 36.2 Å². The molecule has 4 nitrogen and oxygen atoms in total. The van der Waals surface area contributed by atoms with E-state index in [4.69, 9.17) is 10.5 Å². The summed E-state index contributed by atoms with van der Waals surface area (Å²) in [6, 6.07) is 17.9. The monoisotopic (exact) mass is 307 g/mol. The largest absolute Gasteiger partial charge is 0.487 e. The number of aromatic nitrogens is 2. The molecule has 23 heavy (non-hydrogen) atoms. The van der Waals surface area contributed by atoms with Gasteiger partial charge >= 0.3 is 0 Å². The SMILES string of the molecule is CC(C)c1ccc(OCc2cc(-c3ccc(N)cc3)n[nH]2)cc1. The maximum Gasteiger partial charge on any atom is 0.130 e. The fourth-order valence-electron chi connectivity index (χ4n) is 2.35. The summed E-state index contributed by atoms with van der Waals surface area (Å²) >= 11 is 0. The minimum absolute atomic E-state index is 0.461. The molecule has 0 aliphatic carbocycles. The molecule has 0 bridgehead atoms. The predicted molar refractivity (Wildman–Crippen MR) is 93.3 cm³/mol. The summed E-state index contributed by atoms with van der Waals surface area (Å²) < 4.78 is 5.80. The van der Waals surface area contributed by atoms with E-state index in [1.165, 1.54) is 5.56 Å². The van der Waals surface area contributed by atoms with Crippen molar-refractivity contribution in [1.29, 1.82) is 0 Å². The van der Waals surface area contributed by atoms with Crippen molar-refractivity contribution in [3.8, 4) is 17.0 Å². The first-order valence-electron chi connectivity index (χ1n) is 7.75. The molecule has 3 rings (SSSR count). The van der Waals surface area contributed by atoms with Gasteiger partial charge in [0.2, 0.25) is 0 Å². The number of hydrogen-bond acceptors (Lipinski definition) is 3. The second-order valence-corrected chi connectivity index (χ2v) is 5.91. The minimum atomic E-state index is 0.461. The van der Waals surface area contributed by atoms with Crippen LogP contribution >= 0.6 is 0 Å². The Balaban J connectivity index is 1.64. The summed E-state index contributed by atoms with van der Waals surface area (Å²) in [4.78, 5) is 0. The van der Waals surface area contributed by atoms with Crippen LogP contribution in [0.4, 0.5) is 5.69 Å². The maximum atomic E-state index is 5.80. The number of benzene rings is 2. The second-order valence-electron chi connectivity index (χ2n) is 5.91. The quantitative estimate of drug-likeness (QED) is 0.688. The molecule has 0 atom stereocenters. The summed E-state index contributed by atoms with van der Waals surface area (Å²) in [6.07, 6.45) is 0. The van der Waals surface area contributed by atoms with Crippen LogP contribution in [0, 0.1) is 0 Å². The van der Waals surface area contributed by atoms with E-state index in [1.807, 2.05) is 42.5 Å². The Bertz CT molecular complexity index is 758. The number of H-pyrrole nitrogens is 1. The van der Waals surface area contributed by atoms with Gasteiger partial charge in [-0.05, 0) is 41.8 Å². The zero-order chi connectivity index (χ0) is 16.2. The molecule has 0 aliphatic heterocycles. The molecule has 1 aromatic heterocycles. The molecule has 0 fully saturated rings. The van der Waals surface area contributed by atoms with Gasteiger partial charge in [-0.15, -0.1) is 0 Å². The Morgan fingerprint density at radius 1 is 1.04 bits per heavy atom. The van der Waals surface area contributed by atoms with E-state index >= 15 is 0 Å². The van der Waals surface area contributed by atoms with Crippen molar-refractivity contribution < 1.29 is 4.74 Å². The number of aromatic amines is 1.